The van der Waals surface area contributed by atoms with Gasteiger partial charge in [-0.1, -0.05) is 38.1 Å². The van der Waals surface area contributed by atoms with Crippen LogP contribution in [0.25, 0.3) is 0 Å². The van der Waals surface area contributed by atoms with Crippen molar-refractivity contribution in [1.29, 1.82) is 0 Å². The van der Waals surface area contributed by atoms with Gasteiger partial charge in [-0.2, -0.15) is 0 Å². The van der Waals surface area contributed by atoms with Gasteiger partial charge in [0.15, 0.2) is 0 Å². The summed E-state index contributed by atoms with van der Waals surface area (Å²) >= 11 is 0. The molecule has 1 aromatic carbocycles. The van der Waals surface area contributed by atoms with Crippen LogP contribution >= 0.6 is 0 Å². The molecule has 1 aliphatic heterocycles. The molecule has 0 bridgehead atoms. The fraction of sp³-hybridized carbons (Fsp3) is 0.562. The summed E-state index contributed by atoms with van der Waals surface area (Å²) in [5.74, 6) is -0.639. The Labute approximate surface area is 115 Å². The highest BCUT2D eigenvalue weighted by molar-refractivity contribution is 5.76. The van der Waals surface area contributed by atoms with E-state index in [1.807, 2.05) is 12.1 Å². The van der Waals surface area contributed by atoms with Gasteiger partial charge < -0.3 is 10.0 Å². The molecule has 1 aromatic rings. The molecular weight excluding hydrogens is 238 g/mol. The van der Waals surface area contributed by atoms with Crippen LogP contribution in [-0.4, -0.2) is 35.6 Å². The summed E-state index contributed by atoms with van der Waals surface area (Å²) in [5.41, 5.74) is 2.18. The number of benzene rings is 1. The van der Waals surface area contributed by atoms with E-state index in [1.165, 1.54) is 18.4 Å². The first-order valence-electron chi connectivity index (χ1n) is 7.13. The highest BCUT2D eigenvalue weighted by Gasteiger charge is 2.24. The summed E-state index contributed by atoms with van der Waals surface area (Å²) in [5, 5.41) is 9.44. The standard InChI is InChI=1S/C16H23NO2/c1-12(2)13-5-7-14(8-6-13)15(16(18)19)11-17-9-3-4-10-17/h5-8,12,15H,3-4,9-11H2,1-2H3,(H,18,19). The van der Waals surface area contributed by atoms with Crippen molar-refractivity contribution >= 4 is 5.97 Å². The molecule has 1 atom stereocenters. The molecule has 1 aliphatic rings. The average Bonchev–Trinajstić information content (AvgIpc) is 2.88. The first kappa shape index (κ1) is 14.1. The third-order valence-electron chi connectivity index (χ3n) is 3.94. The Balaban J connectivity index is 2.11. The molecule has 0 amide bonds. The molecule has 0 saturated carbocycles. The first-order chi connectivity index (χ1) is 9.08. The number of carbonyl (C=O) groups is 1. The lowest BCUT2D eigenvalue weighted by Gasteiger charge is -2.21. The predicted octanol–water partition coefficient (Wildman–Crippen LogP) is 3.07. The van der Waals surface area contributed by atoms with Crippen LogP contribution in [0.3, 0.4) is 0 Å². The summed E-state index contributed by atoms with van der Waals surface area (Å²) in [6, 6.07) is 8.06. The van der Waals surface area contributed by atoms with Gasteiger partial charge in [-0.25, -0.2) is 0 Å². The number of carboxylic acid groups (broad SMARTS) is 1. The first-order valence-corrected chi connectivity index (χ1v) is 7.13. The SMILES string of the molecule is CC(C)c1ccc(C(CN2CCCC2)C(=O)O)cc1. The number of nitrogens with zero attached hydrogens (tertiary/aromatic N) is 1. The molecule has 0 spiro atoms. The predicted molar refractivity (Wildman–Crippen MR) is 76.6 cm³/mol. The monoisotopic (exact) mass is 261 g/mol. The maximum absolute atomic E-state index is 11.5. The van der Waals surface area contributed by atoms with Gasteiger partial charge in [-0.05, 0) is 43.0 Å². The van der Waals surface area contributed by atoms with Gasteiger partial charge in [0.05, 0.1) is 5.92 Å². The van der Waals surface area contributed by atoms with Crippen LogP contribution in [-0.2, 0) is 4.79 Å². The van der Waals surface area contributed by atoms with E-state index in [4.69, 9.17) is 0 Å². The molecule has 0 aliphatic carbocycles. The molecule has 1 fully saturated rings. The lowest BCUT2D eigenvalue weighted by atomic mass is 9.95. The minimum atomic E-state index is -0.718. The van der Waals surface area contributed by atoms with Crippen LogP contribution in [0.4, 0.5) is 0 Å². The van der Waals surface area contributed by atoms with Crippen molar-refractivity contribution in [2.45, 2.75) is 38.5 Å². The summed E-state index contributed by atoms with van der Waals surface area (Å²) in [4.78, 5) is 13.7. The van der Waals surface area contributed by atoms with Gasteiger partial charge in [0.1, 0.15) is 0 Å². The smallest absolute Gasteiger partial charge is 0.312 e. The molecule has 1 unspecified atom stereocenters. The van der Waals surface area contributed by atoms with E-state index in [-0.39, 0.29) is 0 Å². The number of hydrogen-bond acceptors (Lipinski definition) is 2. The summed E-state index contributed by atoms with van der Waals surface area (Å²) in [7, 11) is 0. The quantitative estimate of drug-likeness (QED) is 0.885. The number of aliphatic carboxylic acids is 1. The zero-order valence-corrected chi connectivity index (χ0v) is 11.8. The number of rotatable bonds is 5. The number of likely N-dealkylation sites (tertiary alicyclic amines) is 1. The van der Waals surface area contributed by atoms with E-state index in [0.717, 1.165) is 18.7 Å². The molecule has 1 N–H and O–H groups in total. The second kappa shape index (κ2) is 6.20. The molecule has 1 saturated heterocycles. The van der Waals surface area contributed by atoms with E-state index in [2.05, 4.69) is 30.9 Å². The number of hydrogen-bond donors (Lipinski definition) is 1. The van der Waals surface area contributed by atoms with E-state index < -0.39 is 11.9 Å². The third kappa shape index (κ3) is 3.57. The van der Waals surface area contributed by atoms with Crippen LogP contribution in [0, 0.1) is 0 Å². The maximum atomic E-state index is 11.5. The Morgan fingerprint density at radius 3 is 2.16 bits per heavy atom. The van der Waals surface area contributed by atoms with E-state index in [0.29, 0.717) is 12.5 Å². The molecule has 3 heteroatoms. The second-order valence-corrected chi connectivity index (χ2v) is 5.72. The van der Waals surface area contributed by atoms with Crippen LogP contribution < -0.4 is 0 Å². The fourth-order valence-electron chi connectivity index (χ4n) is 2.66. The molecular formula is C16H23NO2. The van der Waals surface area contributed by atoms with Crippen molar-refractivity contribution in [3.05, 3.63) is 35.4 Å². The number of carboxylic acids is 1. The van der Waals surface area contributed by atoms with Crippen LogP contribution in [0.15, 0.2) is 24.3 Å². The molecule has 1 heterocycles. The largest absolute Gasteiger partial charge is 0.481 e. The van der Waals surface area contributed by atoms with Crippen LogP contribution in [0.5, 0.6) is 0 Å². The Morgan fingerprint density at radius 1 is 1.16 bits per heavy atom. The van der Waals surface area contributed by atoms with Crippen molar-refractivity contribution in [3.8, 4) is 0 Å². The van der Waals surface area contributed by atoms with E-state index in [1.54, 1.807) is 0 Å². The lowest BCUT2D eigenvalue weighted by Crippen LogP contribution is -2.29. The Kier molecular flexibility index (Phi) is 4.59. The minimum Gasteiger partial charge on any atom is -0.481 e. The van der Waals surface area contributed by atoms with Gasteiger partial charge in [-0.3, -0.25) is 4.79 Å². The topological polar surface area (TPSA) is 40.5 Å². The van der Waals surface area contributed by atoms with Crippen molar-refractivity contribution in [2.24, 2.45) is 0 Å². The zero-order valence-electron chi connectivity index (χ0n) is 11.8. The molecule has 19 heavy (non-hydrogen) atoms. The van der Waals surface area contributed by atoms with Gasteiger partial charge in [0, 0.05) is 6.54 Å². The highest BCUT2D eigenvalue weighted by atomic mass is 16.4. The average molecular weight is 261 g/mol. The van der Waals surface area contributed by atoms with Crippen molar-refractivity contribution in [2.75, 3.05) is 19.6 Å². The Bertz CT molecular complexity index is 419. The molecule has 104 valence electrons. The summed E-state index contributed by atoms with van der Waals surface area (Å²) < 4.78 is 0. The van der Waals surface area contributed by atoms with Crippen molar-refractivity contribution < 1.29 is 9.90 Å². The lowest BCUT2D eigenvalue weighted by molar-refractivity contribution is -0.139. The third-order valence-corrected chi connectivity index (χ3v) is 3.94. The van der Waals surface area contributed by atoms with Gasteiger partial charge >= 0.3 is 5.97 Å². The van der Waals surface area contributed by atoms with Crippen LogP contribution in [0.2, 0.25) is 0 Å². The Morgan fingerprint density at radius 2 is 1.68 bits per heavy atom. The summed E-state index contributed by atoms with van der Waals surface area (Å²) in [6.07, 6.45) is 2.39. The summed E-state index contributed by atoms with van der Waals surface area (Å²) in [6.45, 7) is 7.00. The maximum Gasteiger partial charge on any atom is 0.312 e. The zero-order chi connectivity index (χ0) is 13.8. The fourth-order valence-corrected chi connectivity index (χ4v) is 2.66. The second-order valence-electron chi connectivity index (χ2n) is 5.72. The Hall–Kier alpha value is -1.35. The highest BCUT2D eigenvalue weighted by Crippen LogP contribution is 2.23. The van der Waals surface area contributed by atoms with Gasteiger partial charge in [0.2, 0.25) is 0 Å². The van der Waals surface area contributed by atoms with Crippen molar-refractivity contribution in [3.63, 3.8) is 0 Å². The molecule has 0 aromatic heterocycles. The van der Waals surface area contributed by atoms with Gasteiger partial charge in [0.25, 0.3) is 0 Å². The molecule has 3 nitrogen and oxygen atoms in total. The normalized spacial score (nSPS) is 17.8. The van der Waals surface area contributed by atoms with E-state index >= 15 is 0 Å². The molecule has 0 radical (unpaired) electrons. The van der Waals surface area contributed by atoms with Crippen molar-refractivity contribution in [1.82, 2.24) is 4.90 Å². The van der Waals surface area contributed by atoms with Gasteiger partial charge in [-0.15, -0.1) is 0 Å². The van der Waals surface area contributed by atoms with Crippen LogP contribution in [0.1, 0.15) is 49.7 Å². The minimum absolute atomic E-state index is 0.403. The molecule has 2 rings (SSSR count). The van der Waals surface area contributed by atoms with E-state index in [9.17, 15) is 9.90 Å².